The molecule has 112 valence electrons. The molecule has 2 aromatic rings. The molecular formula is C19H26N2. The normalized spacial score (nSPS) is 13.1. The molecule has 2 aromatic carbocycles. The summed E-state index contributed by atoms with van der Waals surface area (Å²) in [6.07, 6.45) is 3.30. The first-order valence-corrected chi connectivity index (χ1v) is 7.70. The molecule has 0 aliphatic carbocycles. The highest BCUT2D eigenvalue weighted by atomic mass is 15.2. The van der Waals surface area contributed by atoms with Gasteiger partial charge in [0.1, 0.15) is 0 Å². The summed E-state index contributed by atoms with van der Waals surface area (Å²) in [5, 5.41) is 0. The zero-order chi connectivity index (χ0) is 15.1. The topological polar surface area (TPSA) is 38.0 Å². The van der Waals surface area contributed by atoms with Crippen LogP contribution in [0.25, 0.3) is 0 Å². The summed E-state index contributed by atoms with van der Waals surface area (Å²) in [5.74, 6) is 5.83. The van der Waals surface area contributed by atoms with Crippen LogP contribution in [-0.4, -0.2) is 6.04 Å². The van der Waals surface area contributed by atoms with Crippen molar-refractivity contribution in [3.63, 3.8) is 0 Å². The fourth-order valence-corrected chi connectivity index (χ4v) is 2.88. The van der Waals surface area contributed by atoms with Gasteiger partial charge < -0.3 is 0 Å². The van der Waals surface area contributed by atoms with Crippen molar-refractivity contribution in [2.45, 2.75) is 44.6 Å². The number of hydrazine groups is 1. The fourth-order valence-electron chi connectivity index (χ4n) is 2.88. The molecular weight excluding hydrogens is 256 g/mol. The van der Waals surface area contributed by atoms with E-state index in [4.69, 9.17) is 5.84 Å². The molecule has 21 heavy (non-hydrogen) atoms. The number of hydrogen-bond donors (Lipinski definition) is 2. The van der Waals surface area contributed by atoms with Crippen LogP contribution in [-0.2, 0) is 11.8 Å². The summed E-state index contributed by atoms with van der Waals surface area (Å²) in [7, 11) is 0. The summed E-state index contributed by atoms with van der Waals surface area (Å²) >= 11 is 0. The first-order chi connectivity index (χ1) is 10.1. The zero-order valence-corrected chi connectivity index (χ0v) is 13.0. The van der Waals surface area contributed by atoms with Crippen LogP contribution in [0.5, 0.6) is 0 Å². The van der Waals surface area contributed by atoms with Crippen LogP contribution in [0.2, 0.25) is 0 Å². The molecule has 0 aromatic heterocycles. The lowest BCUT2D eigenvalue weighted by Gasteiger charge is -2.34. The van der Waals surface area contributed by atoms with Gasteiger partial charge in [-0.25, -0.2) is 0 Å². The molecule has 0 radical (unpaired) electrons. The third-order valence-corrected chi connectivity index (χ3v) is 4.39. The second-order valence-corrected chi connectivity index (χ2v) is 6.18. The Labute approximate surface area is 128 Å². The number of rotatable bonds is 7. The quantitative estimate of drug-likeness (QED) is 0.598. The molecule has 0 amide bonds. The first-order valence-electron chi connectivity index (χ1n) is 7.70. The van der Waals surface area contributed by atoms with E-state index in [0.717, 1.165) is 19.3 Å². The predicted molar refractivity (Wildman–Crippen MR) is 90.0 cm³/mol. The largest absolute Gasteiger partial charge is 0.271 e. The van der Waals surface area contributed by atoms with Crippen molar-refractivity contribution in [2.24, 2.45) is 5.84 Å². The van der Waals surface area contributed by atoms with E-state index in [2.05, 4.69) is 79.9 Å². The van der Waals surface area contributed by atoms with Crippen molar-refractivity contribution in [1.82, 2.24) is 5.43 Å². The van der Waals surface area contributed by atoms with Crippen LogP contribution in [0.4, 0.5) is 0 Å². The van der Waals surface area contributed by atoms with Gasteiger partial charge in [-0.15, -0.1) is 0 Å². The number of nitrogens with one attached hydrogen (secondary N) is 1. The molecule has 3 N–H and O–H groups in total. The molecule has 0 aliphatic rings. The Hall–Kier alpha value is -1.64. The van der Waals surface area contributed by atoms with E-state index in [9.17, 15) is 0 Å². The first kappa shape index (κ1) is 15.7. The fraction of sp³-hybridized carbons (Fsp3) is 0.368. The van der Waals surface area contributed by atoms with Crippen molar-refractivity contribution in [3.8, 4) is 0 Å². The highest BCUT2D eigenvalue weighted by Gasteiger charge is 2.29. The van der Waals surface area contributed by atoms with Gasteiger partial charge in [0, 0.05) is 11.5 Å². The predicted octanol–water partition coefficient (Wildman–Crippen LogP) is 3.82. The van der Waals surface area contributed by atoms with Crippen molar-refractivity contribution >= 4 is 0 Å². The van der Waals surface area contributed by atoms with Gasteiger partial charge in [-0.2, -0.15) is 0 Å². The van der Waals surface area contributed by atoms with E-state index in [1.807, 2.05) is 0 Å². The molecule has 0 bridgehead atoms. The van der Waals surface area contributed by atoms with Gasteiger partial charge in [0.2, 0.25) is 0 Å². The minimum atomic E-state index is 0.0205. The monoisotopic (exact) mass is 282 g/mol. The minimum absolute atomic E-state index is 0.0205. The molecule has 0 heterocycles. The SMILES string of the molecule is CC(C)(c1ccccc1)C(CCCc1ccccc1)NN. The third kappa shape index (κ3) is 4.16. The van der Waals surface area contributed by atoms with Crippen molar-refractivity contribution in [1.29, 1.82) is 0 Å². The Balaban J connectivity index is 1.96. The molecule has 2 heteroatoms. The van der Waals surface area contributed by atoms with Crippen LogP contribution in [0.1, 0.15) is 37.8 Å². The highest BCUT2D eigenvalue weighted by Crippen LogP contribution is 2.29. The number of aryl methyl sites for hydroxylation is 1. The Kier molecular flexibility index (Phi) is 5.54. The van der Waals surface area contributed by atoms with E-state index in [0.29, 0.717) is 0 Å². The van der Waals surface area contributed by atoms with Crippen molar-refractivity contribution in [3.05, 3.63) is 71.8 Å². The average molecular weight is 282 g/mol. The average Bonchev–Trinajstić information content (AvgIpc) is 2.53. The van der Waals surface area contributed by atoms with Crippen LogP contribution >= 0.6 is 0 Å². The van der Waals surface area contributed by atoms with Gasteiger partial charge in [0.15, 0.2) is 0 Å². The molecule has 1 unspecified atom stereocenters. The van der Waals surface area contributed by atoms with E-state index < -0.39 is 0 Å². The number of nitrogens with two attached hydrogens (primary N) is 1. The lowest BCUT2D eigenvalue weighted by molar-refractivity contribution is 0.320. The lowest BCUT2D eigenvalue weighted by atomic mass is 9.76. The molecule has 1 atom stereocenters. The molecule has 0 saturated carbocycles. The second-order valence-electron chi connectivity index (χ2n) is 6.18. The molecule has 0 fully saturated rings. The second kappa shape index (κ2) is 7.39. The molecule has 0 spiro atoms. The maximum Gasteiger partial charge on any atom is 0.0302 e. The summed E-state index contributed by atoms with van der Waals surface area (Å²) in [5.41, 5.74) is 5.77. The van der Waals surface area contributed by atoms with Crippen LogP contribution in [0.15, 0.2) is 60.7 Å². The molecule has 2 nitrogen and oxygen atoms in total. The van der Waals surface area contributed by atoms with E-state index >= 15 is 0 Å². The van der Waals surface area contributed by atoms with Gasteiger partial charge in [0.25, 0.3) is 0 Å². The minimum Gasteiger partial charge on any atom is -0.271 e. The van der Waals surface area contributed by atoms with Gasteiger partial charge in [-0.05, 0) is 30.4 Å². The molecule has 0 aliphatic heterocycles. The Morgan fingerprint density at radius 1 is 0.952 bits per heavy atom. The summed E-state index contributed by atoms with van der Waals surface area (Å²) in [6.45, 7) is 4.52. The van der Waals surface area contributed by atoms with Crippen molar-refractivity contribution < 1.29 is 0 Å². The van der Waals surface area contributed by atoms with E-state index in [1.54, 1.807) is 0 Å². The maximum atomic E-state index is 5.83. The van der Waals surface area contributed by atoms with Crippen LogP contribution in [0.3, 0.4) is 0 Å². The summed E-state index contributed by atoms with van der Waals surface area (Å²) in [4.78, 5) is 0. The number of benzene rings is 2. The van der Waals surface area contributed by atoms with Gasteiger partial charge in [-0.1, -0.05) is 74.5 Å². The van der Waals surface area contributed by atoms with Crippen LogP contribution in [0, 0.1) is 0 Å². The smallest absolute Gasteiger partial charge is 0.0302 e. The van der Waals surface area contributed by atoms with Gasteiger partial charge in [-0.3, -0.25) is 11.3 Å². The van der Waals surface area contributed by atoms with E-state index in [-0.39, 0.29) is 11.5 Å². The zero-order valence-electron chi connectivity index (χ0n) is 13.0. The van der Waals surface area contributed by atoms with Crippen LogP contribution < -0.4 is 11.3 Å². The standard InChI is InChI=1S/C19H26N2/c1-19(2,17-13-7-4-8-14-17)18(21-20)15-9-12-16-10-5-3-6-11-16/h3-8,10-11,13-14,18,21H,9,12,15,20H2,1-2H3. The third-order valence-electron chi connectivity index (χ3n) is 4.39. The van der Waals surface area contributed by atoms with Gasteiger partial charge >= 0.3 is 0 Å². The van der Waals surface area contributed by atoms with Crippen molar-refractivity contribution in [2.75, 3.05) is 0 Å². The number of hydrogen-bond acceptors (Lipinski definition) is 2. The lowest BCUT2D eigenvalue weighted by Crippen LogP contribution is -2.48. The molecule has 0 saturated heterocycles. The maximum absolute atomic E-state index is 5.83. The highest BCUT2D eigenvalue weighted by molar-refractivity contribution is 5.25. The Bertz CT molecular complexity index is 520. The Morgan fingerprint density at radius 2 is 1.52 bits per heavy atom. The van der Waals surface area contributed by atoms with Gasteiger partial charge in [0.05, 0.1) is 0 Å². The summed E-state index contributed by atoms with van der Waals surface area (Å²) in [6, 6.07) is 21.5. The molecule has 2 rings (SSSR count). The summed E-state index contributed by atoms with van der Waals surface area (Å²) < 4.78 is 0. The van der Waals surface area contributed by atoms with E-state index in [1.165, 1.54) is 11.1 Å². The Morgan fingerprint density at radius 3 is 2.10 bits per heavy atom.